The summed E-state index contributed by atoms with van der Waals surface area (Å²) >= 11 is 0. The molecule has 0 radical (unpaired) electrons. The molecule has 272 valence electrons. The van der Waals surface area contributed by atoms with Gasteiger partial charge in [0.2, 0.25) is 0 Å². The second kappa shape index (κ2) is 15.8. The lowest BCUT2D eigenvalue weighted by molar-refractivity contribution is 0.493. The smallest absolute Gasteiger partial charge is 0.182 e. The molecular formula is C45H42N10. The maximum Gasteiger partial charge on any atom is 0.182 e. The maximum absolute atomic E-state index is 5.88. The minimum absolute atomic E-state index is 0.167. The van der Waals surface area contributed by atoms with Gasteiger partial charge in [0.05, 0.1) is 12.2 Å². The maximum atomic E-state index is 5.88. The number of nitrogens with zero attached hydrogens (tertiary/aromatic N) is 9. The summed E-state index contributed by atoms with van der Waals surface area (Å²) in [6.07, 6.45) is 17.9. The molecule has 55 heavy (non-hydrogen) atoms. The zero-order valence-corrected chi connectivity index (χ0v) is 30.8. The lowest BCUT2D eigenvalue weighted by atomic mass is 9.72. The van der Waals surface area contributed by atoms with Gasteiger partial charge in [0, 0.05) is 35.8 Å². The highest BCUT2D eigenvalue weighted by molar-refractivity contribution is 5.95. The summed E-state index contributed by atoms with van der Waals surface area (Å²) < 4.78 is 0. The van der Waals surface area contributed by atoms with E-state index in [-0.39, 0.29) is 11.5 Å². The van der Waals surface area contributed by atoms with Crippen LogP contribution in [0.5, 0.6) is 0 Å². The fourth-order valence-corrected chi connectivity index (χ4v) is 7.92. The molecule has 3 aliphatic rings. The average molecular weight is 723 g/mol. The summed E-state index contributed by atoms with van der Waals surface area (Å²) in [7, 11) is 0. The minimum Gasteiger partial charge on any atom is -0.382 e. The molecule has 9 rings (SSSR count). The largest absolute Gasteiger partial charge is 0.382 e. The Morgan fingerprint density at radius 2 is 1.42 bits per heavy atom. The summed E-state index contributed by atoms with van der Waals surface area (Å²) in [5, 5.41) is 0. The second-order valence-corrected chi connectivity index (χ2v) is 14.1. The Kier molecular flexibility index (Phi) is 10.2. The number of aliphatic imine (C=N–C) groups is 2. The summed E-state index contributed by atoms with van der Waals surface area (Å²) in [4.78, 5) is 40.3. The highest BCUT2D eigenvalue weighted by atomic mass is 15.1. The van der Waals surface area contributed by atoms with Crippen LogP contribution in [0.1, 0.15) is 67.6 Å². The minimum atomic E-state index is -0.191. The molecular weight excluding hydrogens is 681 g/mol. The van der Waals surface area contributed by atoms with E-state index in [1.54, 1.807) is 30.4 Å². The van der Waals surface area contributed by atoms with Crippen molar-refractivity contribution in [1.82, 2.24) is 34.9 Å². The third-order valence-electron chi connectivity index (χ3n) is 10.6. The van der Waals surface area contributed by atoms with Gasteiger partial charge in [-0.25, -0.2) is 15.0 Å². The molecule has 2 N–H and O–H groups in total. The van der Waals surface area contributed by atoms with Crippen molar-refractivity contribution in [2.45, 2.75) is 50.5 Å². The van der Waals surface area contributed by atoms with Gasteiger partial charge in [-0.3, -0.25) is 29.9 Å². The highest BCUT2D eigenvalue weighted by Crippen LogP contribution is 2.58. The van der Waals surface area contributed by atoms with Crippen molar-refractivity contribution in [2.75, 3.05) is 6.54 Å². The number of allylic oxidation sites excluding steroid dienone is 4. The van der Waals surface area contributed by atoms with Crippen LogP contribution >= 0.6 is 0 Å². The Morgan fingerprint density at radius 1 is 0.782 bits per heavy atom. The quantitative estimate of drug-likeness (QED) is 0.122. The molecule has 5 heterocycles. The van der Waals surface area contributed by atoms with Crippen molar-refractivity contribution in [3.05, 3.63) is 156 Å². The van der Waals surface area contributed by atoms with Crippen molar-refractivity contribution in [3.8, 4) is 34.4 Å². The van der Waals surface area contributed by atoms with Gasteiger partial charge in [0.1, 0.15) is 29.0 Å². The number of hydrogen-bond donors (Lipinski definition) is 1. The van der Waals surface area contributed by atoms with Crippen LogP contribution in [0, 0.1) is 5.92 Å². The van der Waals surface area contributed by atoms with E-state index in [1.165, 1.54) is 42.4 Å². The number of rotatable bonds is 8. The third-order valence-corrected chi connectivity index (χ3v) is 10.6. The van der Waals surface area contributed by atoms with Gasteiger partial charge in [-0.1, -0.05) is 73.9 Å². The first-order chi connectivity index (χ1) is 27.0. The van der Waals surface area contributed by atoms with Crippen LogP contribution < -0.4 is 5.73 Å². The molecule has 1 fully saturated rings. The van der Waals surface area contributed by atoms with Gasteiger partial charge >= 0.3 is 0 Å². The van der Waals surface area contributed by atoms with Crippen molar-refractivity contribution in [2.24, 2.45) is 21.6 Å². The van der Waals surface area contributed by atoms with E-state index in [0.29, 0.717) is 41.5 Å². The van der Waals surface area contributed by atoms with Crippen LogP contribution in [0.25, 0.3) is 40.0 Å². The Morgan fingerprint density at radius 3 is 2.02 bits per heavy atom. The van der Waals surface area contributed by atoms with E-state index in [4.69, 9.17) is 20.7 Å². The predicted octanol–water partition coefficient (Wildman–Crippen LogP) is 8.46. The monoisotopic (exact) mass is 722 g/mol. The topological polar surface area (TPSA) is 141 Å². The van der Waals surface area contributed by atoms with Gasteiger partial charge in [0.15, 0.2) is 17.5 Å². The molecule has 2 unspecified atom stereocenters. The fourth-order valence-electron chi connectivity index (χ4n) is 7.92. The number of amidine groups is 1. The van der Waals surface area contributed by atoms with E-state index in [9.17, 15) is 0 Å². The number of pyridine rings is 4. The first-order valence-corrected chi connectivity index (χ1v) is 18.8. The zero-order chi connectivity index (χ0) is 37.6. The van der Waals surface area contributed by atoms with E-state index >= 15 is 0 Å². The van der Waals surface area contributed by atoms with E-state index in [1.807, 2.05) is 72.8 Å². The summed E-state index contributed by atoms with van der Waals surface area (Å²) in [5.74, 6) is 2.78. The molecule has 0 saturated heterocycles. The van der Waals surface area contributed by atoms with Gasteiger partial charge < -0.3 is 5.73 Å². The van der Waals surface area contributed by atoms with Gasteiger partial charge in [0.25, 0.3) is 0 Å². The van der Waals surface area contributed by atoms with Crippen LogP contribution in [0.2, 0.25) is 0 Å². The molecule has 0 amide bonds. The van der Waals surface area contributed by atoms with Crippen LogP contribution in [0.15, 0.2) is 143 Å². The van der Waals surface area contributed by atoms with Gasteiger partial charge in [-0.15, -0.1) is 0 Å². The van der Waals surface area contributed by atoms with Crippen molar-refractivity contribution >= 4 is 18.1 Å². The van der Waals surface area contributed by atoms with Crippen molar-refractivity contribution in [1.29, 1.82) is 0 Å². The molecule has 1 saturated carbocycles. The lowest BCUT2D eigenvalue weighted by Gasteiger charge is -2.31. The Balaban J connectivity index is 0.000000191. The summed E-state index contributed by atoms with van der Waals surface area (Å²) in [6.45, 7) is 6.31. The fraction of sp³-hybridized carbons (Fsp3) is 0.222. The average Bonchev–Trinajstić information content (AvgIpc) is 3.85. The Hall–Kier alpha value is -6.55. The standard InChI is InChI=1S/C31H27N5.C14H15N5/c1-20-10-12-22-23-13-11-21(19-25(23)31(24(22)18-20)14-4-5-15-31)28-34-29(26-8-2-6-16-32-26)36-30(35-28)27-9-3-7-17-33-27;1-16-13(11-6-2-4-8-17-11)10-19-14(15)12-7-3-5-9-18-12/h2-3,6-13,16-17,19-20H,4-5,14-15,18H2,1H3;2-9,13H,1,10H2,(H2,15,19). The molecule has 1 aromatic carbocycles. The van der Waals surface area contributed by atoms with Crippen molar-refractivity contribution < 1.29 is 0 Å². The second-order valence-electron chi connectivity index (χ2n) is 14.1. The normalized spacial score (nSPS) is 17.3. The lowest BCUT2D eigenvalue weighted by Crippen LogP contribution is -2.24. The predicted molar refractivity (Wildman–Crippen MR) is 218 cm³/mol. The highest BCUT2D eigenvalue weighted by Gasteiger charge is 2.47. The molecule has 1 spiro atoms. The van der Waals surface area contributed by atoms with Crippen LogP contribution in [0.4, 0.5) is 0 Å². The Labute approximate surface area is 321 Å². The molecule has 5 aromatic heterocycles. The van der Waals surface area contributed by atoms with Crippen LogP contribution in [0.3, 0.4) is 0 Å². The SMILES string of the molecule is C=NC(CN=C(N)c1ccccn1)c1ccccn1.CC1C=CC2=C(C1)C1(CCCC1)c1cc(-c3nc(-c4ccccn4)nc(-c4ccccn4)n3)ccc12. The number of benzene rings is 1. The number of nitrogens with two attached hydrogens (primary N) is 1. The van der Waals surface area contributed by atoms with Gasteiger partial charge in [-0.05, 0) is 103 Å². The molecule has 0 bridgehead atoms. The number of fused-ring (bicyclic) bond motifs is 4. The van der Waals surface area contributed by atoms with Gasteiger partial charge in [-0.2, -0.15) is 0 Å². The van der Waals surface area contributed by atoms with E-state index in [2.05, 4.69) is 73.9 Å². The van der Waals surface area contributed by atoms with E-state index in [0.717, 1.165) is 29.1 Å². The first-order valence-electron chi connectivity index (χ1n) is 18.8. The molecule has 10 nitrogen and oxygen atoms in total. The molecule has 10 heteroatoms. The van der Waals surface area contributed by atoms with Crippen molar-refractivity contribution in [3.63, 3.8) is 0 Å². The van der Waals surface area contributed by atoms with Crippen LogP contribution in [-0.2, 0) is 5.41 Å². The first kappa shape index (κ1) is 35.5. The number of hydrogen-bond acceptors (Lipinski definition) is 9. The zero-order valence-electron chi connectivity index (χ0n) is 30.8. The summed E-state index contributed by atoms with van der Waals surface area (Å²) in [6, 6.07) is 29.4. The third kappa shape index (κ3) is 7.35. The number of aromatic nitrogens is 7. The molecule has 0 aliphatic heterocycles. The molecule has 3 aliphatic carbocycles. The van der Waals surface area contributed by atoms with Crippen LogP contribution in [-0.4, -0.2) is 54.0 Å². The summed E-state index contributed by atoms with van der Waals surface area (Å²) in [5.41, 5.74) is 16.0. The molecule has 2 atom stereocenters. The Bertz CT molecular complexity index is 2310. The van der Waals surface area contributed by atoms with E-state index < -0.39 is 0 Å². The molecule has 6 aromatic rings.